The molecule has 0 spiro atoms. The van der Waals surface area contributed by atoms with Crippen LogP contribution in [0.4, 0.5) is 0 Å². The lowest BCUT2D eigenvalue weighted by Crippen LogP contribution is -2.33. The maximum atomic E-state index is 10.3. The third-order valence-electron chi connectivity index (χ3n) is 6.72. The van der Waals surface area contributed by atoms with Crippen molar-refractivity contribution in [2.24, 2.45) is 0 Å². The van der Waals surface area contributed by atoms with Gasteiger partial charge in [-0.05, 0) is 84.3 Å². The van der Waals surface area contributed by atoms with Crippen LogP contribution in [0.25, 0.3) is 0 Å². The number of hydrogen-bond donors (Lipinski definition) is 2. The Balaban J connectivity index is 2.23. The van der Waals surface area contributed by atoms with E-state index in [0.717, 1.165) is 46.2 Å². The minimum Gasteiger partial charge on any atom is -0.508 e. The van der Waals surface area contributed by atoms with Gasteiger partial charge in [0.15, 0.2) is 0 Å². The SMILES string of the molecule is CCc1cc(O)ccc1C(c1ccc(C)cc1)(c1ccc(C)cc1)c1ccc(O)cc1CC. The molecule has 0 aliphatic heterocycles. The van der Waals surface area contributed by atoms with Gasteiger partial charge < -0.3 is 10.2 Å². The van der Waals surface area contributed by atoms with Crippen LogP contribution in [0.15, 0.2) is 84.9 Å². The first kappa shape index (κ1) is 22.7. The highest BCUT2D eigenvalue weighted by Gasteiger charge is 2.41. The molecule has 2 nitrogen and oxygen atoms in total. The third-order valence-corrected chi connectivity index (χ3v) is 6.72. The summed E-state index contributed by atoms with van der Waals surface area (Å²) >= 11 is 0. The second-order valence-electron chi connectivity index (χ2n) is 8.87. The number of benzene rings is 4. The number of phenols is 2. The van der Waals surface area contributed by atoms with E-state index in [4.69, 9.17) is 0 Å². The van der Waals surface area contributed by atoms with Crippen LogP contribution in [0.3, 0.4) is 0 Å². The van der Waals surface area contributed by atoms with Gasteiger partial charge in [0.2, 0.25) is 0 Å². The Morgan fingerprint density at radius 3 is 1.24 bits per heavy atom. The monoisotopic (exact) mass is 436 g/mol. The first-order chi connectivity index (χ1) is 15.9. The summed E-state index contributed by atoms with van der Waals surface area (Å²) in [7, 11) is 0. The van der Waals surface area contributed by atoms with Crippen molar-refractivity contribution in [2.45, 2.75) is 46.0 Å². The summed E-state index contributed by atoms with van der Waals surface area (Å²) in [6, 6.07) is 29.0. The van der Waals surface area contributed by atoms with Crippen LogP contribution in [0.1, 0.15) is 58.4 Å². The fourth-order valence-corrected chi connectivity index (χ4v) is 5.02. The molecule has 0 fully saturated rings. The Kier molecular flexibility index (Phi) is 6.29. The lowest BCUT2D eigenvalue weighted by molar-refractivity contribution is 0.473. The summed E-state index contributed by atoms with van der Waals surface area (Å²) in [5, 5.41) is 20.6. The molecule has 0 aromatic heterocycles. The van der Waals surface area contributed by atoms with E-state index in [-0.39, 0.29) is 11.5 Å². The van der Waals surface area contributed by atoms with Crippen LogP contribution >= 0.6 is 0 Å². The van der Waals surface area contributed by atoms with Gasteiger partial charge in [-0.1, -0.05) is 85.6 Å². The summed E-state index contributed by atoms with van der Waals surface area (Å²) in [5.74, 6) is 0.553. The van der Waals surface area contributed by atoms with Crippen molar-refractivity contribution in [3.63, 3.8) is 0 Å². The molecule has 4 aromatic rings. The number of aromatic hydroxyl groups is 2. The van der Waals surface area contributed by atoms with Gasteiger partial charge in [-0.15, -0.1) is 0 Å². The number of rotatable bonds is 6. The van der Waals surface area contributed by atoms with Gasteiger partial charge in [0.1, 0.15) is 11.5 Å². The predicted molar refractivity (Wildman–Crippen MR) is 136 cm³/mol. The molecule has 2 N–H and O–H groups in total. The molecule has 0 bridgehead atoms. The smallest absolute Gasteiger partial charge is 0.115 e. The van der Waals surface area contributed by atoms with Gasteiger partial charge in [-0.25, -0.2) is 0 Å². The molecular formula is C31H32O2. The van der Waals surface area contributed by atoms with Gasteiger partial charge >= 0.3 is 0 Å². The average Bonchev–Trinajstić information content (AvgIpc) is 2.82. The number of phenolic OH excluding ortho intramolecular Hbond substituents is 2. The zero-order valence-corrected chi connectivity index (χ0v) is 19.9. The average molecular weight is 437 g/mol. The van der Waals surface area contributed by atoms with Gasteiger partial charge in [0, 0.05) is 0 Å². The van der Waals surface area contributed by atoms with E-state index in [9.17, 15) is 10.2 Å². The lowest BCUT2D eigenvalue weighted by Gasteiger charge is -2.39. The normalized spacial score (nSPS) is 11.5. The first-order valence-corrected chi connectivity index (χ1v) is 11.7. The summed E-state index contributed by atoms with van der Waals surface area (Å²) in [4.78, 5) is 0. The second-order valence-corrected chi connectivity index (χ2v) is 8.87. The summed E-state index contributed by atoms with van der Waals surface area (Å²) < 4.78 is 0. The molecule has 4 rings (SSSR count). The van der Waals surface area contributed by atoms with Crippen molar-refractivity contribution in [1.82, 2.24) is 0 Å². The van der Waals surface area contributed by atoms with Crippen molar-refractivity contribution in [3.05, 3.63) is 129 Å². The molecular weight excluding hydrogens is 404 g/mol. The first-order valence-electron chi connectivity index (χ1n) is 11.7. The summed E-state index contributed by atoms with van der Waals surface area (Å²) in [6.45, 7) is 8.47. The van der Waals surface area contributed by atoms with Gasteiger partial charge in [0.25, 0.3) is 0 Å². The van der Waals surface area contributed by atoms with E-state index in [2.05, 4.69) is 88.4 Å². The number of aryl methyl sites for hydroxylation is 4. The minimum atomic E-state index is -0.598. The van der Waals surface area contributed by atoms with Gasteiger partial charge in [-0.3, -0.25) is 0 Å². The van der Waals surface area contributed by atoms with Gasteiger partial charge in [-0.2, -0.15) is 0 Å². The molecule has 0 radical (unpaired) electrons. The van der Waals surface area contributed by atoms with E-state index in [1.165, 1.54) is 11.1 Å². The highest BCUT2D eigenvalue weighted by molar-refractivity contribution is 5.64. The van der Waals surface area contributed by atoms with Crippen LogP contribution in [0, 0.1) is 13.8 Å². The van der Waals surface area contributed by atoms with E-state index >= 15 is 0 Å². The highest BCUT2D eigenvalue weighted by atomic mass is 16.3. The highest BCUT2D eigenvalue weighted by Crippen LogP contribution is 2.48. The molecule has 0 amide bonds. The fourth-order valence-electron chi connectivity index (χ4n) is 5.02. The quantitative estimate of drug-likeness (QED) is 0.313. The Hall–Kier alpha value is -3.52. The molecule has 0 saturated carbocycles. The van der Waals surface area contributed by atoms with Crippen molar-refractivity contribution < 1.29 is 10.2 Å². The van der Waals surface area contributed by atoms with Crippen LogP contribution < -0.4 is 0 Å². The van der Waals surface area contributed by atoms with Gasteiger partial charge in [0.05, 0.1) is 5.41 Å². The second kappa shape index (κ2) is 9.15. The van der Waals surface area contributed by atoms with Crippen molar-refractivity contribution in [1.29, 1.82) is 0 Å². The summed E-state index contributed by atoms with van der Waals surface area (Å²) in [5.41, 5.74) is 8.65. The molecule has 33 heavy (non-hydrogen) atoms. The predicted octanol–water partition coefficient (Wildman–Crippen LogP) is 7.22. The molecule has 0 saturated heterocycles. The van der Waals surface area contributed by atoms with E-state index in [1.807, 2.05) is 12.1 Å². The third kappa shape index (κ3) is 4.02. The largest absolute Gasteiger partial charge is 0.508 e. The molecule has 0 aliphatic rings. The molecule has 2 heteroatoms. The van der Waals surface area contributed by atoms with Crippen LogP contribution in [0.2, 0.25) is 0 Å². The molecule has 168 valence electrons. The number of hydrogen-bond acceptors (Lipinski definition) is 2. The molecule has 0 heterocycles. The van der Waals surface area contributed by atoms with Crippen molar-refractivity contribution in [2.75, 3.05) is 0 Å². The van der Waals surface area contributed by atoms with E-state index < -0.39 is 5.41 Å². The molecule has 0 aliphatic carbocycles. The maximum Gasteiger partial charge on any atom is 0.115 e. The molecule has 0 unspecified atom stereocenters. The Morgan fingerprint density at radius 2 is 0.909 bits per heavy atom. The minimum absolute atomic E-state index is 0.277. The topological polar surface area (TPSA) is 40.5 Å². The van der Waals surface area contributed by atoms with E-state index in [0.29, 0.717) is 0 Å². The maximum absolute atomic E-state index is 10.3. The Labute approximate surface area is 197 Å². The van der Waals surface area contributed by atoms with Crippen LogP contribution in [-0.2, 0) is 18.3 Å². The fraction of sp³-hybridized carbons (Fsp3) is 0.226. The summed E-state index contributed by atoms with van der Waals surface area (Å²) in [6.07, 6.45) is 1.59. The van der Waals surface area contributed by atoms with Crippen LogP contribution in [0.5, 0.6) is 11.5 Å². The van der Waals surface area contributed by atoms with Crippen molar-refractivity contribution in [3.8, 4) is 11.5 Å². The zero-order chi connectivity index (χ0) is 23.6. The van der Waals surface area contributed by atoms with Crippen LogP contribution in [-0.4, -0.2) is 10.2 Å². The Bertz CT molecular complexity index is 1150. The zero-order valence-electron chi connectivity index (χ0n) is 19.9. The van der Waals surface area contributed by atoms with E-state index in [1.54, 1.807) is 12.1 Å². The standard InChI is InChI=1S/C31H32O2/c1-5-23-19-27(32)15-17-29(23)31(25-11-7-21(3)8-12-25,26-13-9-22(4)10-14-26)30-18-16-28(33)20-24(30)6-2/h7-20,32-33H,5-6H2,1-4H3. The van der Waals surface area contributed by atoms with Crippen molar-refractivity contribution >= 4 is 0 Å². The lowest BCUT2D eigenvalue weighted by atomic mass is 9.62. The molecule has 0 atom stereocenters. The Morgan fingerprint density at radius 1 is 0.545 bits per heavy atom. The molecule has 4 aromatic carbocycles.